The third-order valence-electron chi connectivity index (χ3n) is 2.83. The zero-order valence-corrected chi connectivity index (χ0v) is 12.9. The van der Waals surface area contributed by atoms with Crippen molar-refractivity contribution >= 4 is 11.3 Å². The molecule has 2 rings (SSSR count). The molecule has 0 atom stereocenters. The smallest absolute Gasteiger partial charge is 0.171 e. The molecule has 1 aromatic heterocycles. The molecule has 0 amide bonds. The summed E-state index contributed by atoms with van der Waals surface area (Å²) in [4.78, 5) is 4.66. The second-order valence-electron chi connectivity index (χ2n) is 4.19. The van der Waals surface area contributed by atoms with Gasteiger partial charge in [0, 0.05) is 11.9 Å². The van der Waals surface area contributed by atoms with Gasteiger partial charge in [0.2, 0.25) is 0 Å². The average Bonchev–Trinajstić information content (AvgIpc) is 2.94. The van der Waals surface area contributed by atoms with E-state index in [1.54, 1.807) is 18.4 Å². The Hall–Kier alpha value is -1.59. The van der Waals surface area contributed by atoms with Crippen LogP contribution in [0.15, 0.2) is 23.6 Å². The van der Waals surface area contributed by atoms with Gasteiger partial charge in [0.05, 0.1) is 25.0 Å². The number of methoxy groups -OCH3 is 1. The minimum absolute atomic E-state index is 0.600. The Morgan fingerprint density at radius 3 is 2.85 bits per heavy atom. The third-order valence-corrected chi connectivity index (χ3v) is 3.75. The molecule has 1 N–H and O–H groups in total. The molecule has 2 aromatic rings. The van der Waals surface area contributed by atoms with E-state index in [-0.39, 0.29) is 0 Å². The maximum Gasteiger partial charge on any atom is 0.171 e. The number of para-hydroxylation sites is 1. The highest BCUT2D eigenvalue weighted by molar-refractivity contribution is 7.13. The summed E-state index contributed by atoms with van der Waals surface area (Å²) in [6.45, 7) is 6.39. The lowest BCUT2D eigenvalue weighted by Gasteiger charge is -2.12. The van der Waals surface area contributed by atoms with Crippen molar-refractivity contribution in [3.63, 3.8) is 0 Å². The van der Waals surface area contributed by atoms with Crippen LogP contribution in [0.1, 0.15) is 19.5 Å². The molecule has 0 bridgehead atoms. The molecule has 20 heavy (non-hydrogen) atoms. The Bertz CT molecular complexity index is 555. The number of ether oxygens (including phenoxy) is 2. The van der Waals surface area contributed by atoms with Gasteiger partial charge in [-0.15, -0.1) is 11.3 Å². The van der Waals surface area contributed by atoms with Crippen molar-refractivity contribution in [1.29, 1.82) is 0 Å². The Balaban J connectivity index is 2.33. The molecule has 0 aliphatic heterocycles. The van der Waals surface area contributed by atoms with Gasteiger partial charge in [-0.1, -0.05) is 13.0 Å². The quantitative estimate of drug-likeness (QED) is 0.850. The Morgan fingerprint density at radius 1 is 1.30 bits per heavy atom. The van der Waals surface area contributed by atoms with Crippen LogP contribution < -0.4 is 14.8 Å². The summed E-state index contributed by atoms with van der Waals surface area (Å²) >= 11 is 1.63. The predicted octanol–water partition coefficient (Wildman–Crippen LogP) is 3.33. The van der Waals surface area contributed by atoms with Crippen LogP contribution in [0.4, 0.5) is 0 Å². The molecule has 0 spiro atoms. The van der Waals surface area contributed by atoms with Gasteiger partial charge in [-0.2, -0.15) is 0 Å². The van der Waals surface area contributed by atoms with Crippen LogP contribution in [0.3, 0.4) is 0 Å². The van der Waals surface area contributed by atoms with E-state index in [1.165, 1.54) is 0 Å². The number of nitrogens with zero attached hydrogens (tertiary/aromatic N) is 1. The third kappa shape index (κ3) is 3.29. The van der Waals surface area contributed by atoms with Crippen molar-refractivity contribution < 1.29 is 9.47 Å². The zero-order chi connectivity index (χ0) is 14.4. The number of hydrogen-bond acceptors (Lipinski definition) is 5. The van der Waals surface area contributed by atoms with Crippen molar-refractivity contribution in [2.45, 2.75) is 20.4 Å². The van der Waals surface area contributed by atoms with Crippen molar-refractivity contribution in [1.82, 2.24) is 10.3 Å². The molecule has 108 valence electrons. The molecule has 0 aliphatic rings. The first-order valence-electron chi connectivity index (χ1n) is 6.75. The maximum absolute atomic E-state index is 5.73. The standard InChI is InChI=1S/C15H20N2O2S/c1-4-16-9-11-10-20-15(17-11)12-7-6-8-13(18-3)14(12)19-5-2/h6-8,10,16H,4-5,9H2,1-3H3. The first-order valence-corrected chi connectivity index (χ1v) is 7.63. The van der Waals surface area contributed by atoms with E-state index < -0.39 is 0 Å². The van der Waals surface area contributed by atoms with Gasteiger partial charge in [0.25, 0.3) is 0 Å². The highest BCUT2D eigenvalue weighted by Crippen LogP contribution is 2.39. The van der Waals surface area contributed by atoms with E-state index in [1.807, 2.05) is 25.1 Å². The van der Waals surface area contributed by atoms with Gasteiger partial charge in [-0.3, -0.25) is 0 Å². The maximum atomic E-state index is 5.73. The topological polar surface area (TPSA) is 43.4 Å². The van der Waals surface area contributed by atoms with E-state index in [2.05, 4.69) is 22.6 Å². The Kier molecular flexibility index (Phi) is 5.38. The second kappa shape index (κ2) is 7.26. The van der Waals surface area contributed by atoms with E-state index in [4.69, 9.17) is 9.47 Å². The van der Waals surface area contributed by atoms with Crippen molar-refractivity contribution in [3.8, 4) is 22.1 Å². The average molecular weight is 292 g/mol. The van der Waals surface area contributed by atoms with Crippen LogP contribution in [0, 0.1) is 0 Å². The minimum atomic E-state index is 0.600. The van der Waals surface area contributed by atoms with Gasteiger partial charge in [-0.25, -0.2) is 4.98 Å². The summed E-state index contributed by atoms with van der Waals surface area (Å²) in [5, 5.41) is 6.32. The summed E-state index contributed by atoms with van der Waals surface area (Å²) in [7, 11) is 1.65. The van der Waals surface area contributed by atoms with Gasteiger partial charge < -0.3 is 14.8 Å². The van der Waals surface area contributed by atoms with E-state index in [9.17, 15) is 0 Å². The number of aromatic nitrogens is 1. The Morgan fingerprint density at radius 2 is 2.15 bits per heavy atom. The van der Waals surface area contributed by atoms with Gasteiger partial charge in [0.15, 0.2) is 11.5 Å². The first kappa shape index (κ1) is 14.8. The van der Waals surface area contributed by atoms with Crippen LogP contribution in [0.2, 0.25) is 0 Å². The fraction of sp³-hybridized carbons (Fsp3) is 0.400. The second-order valence-corrected chi connectivity index (χ2v) is 5.05. The zero-order valence-electron chi connectivity index (χ0n) is 12.1. The van der Waals surface area contributed by atoms with Crippen molar-refractivity contribution in [3.05, 3.63) is 29.3 Å². The van der Waals surface area contributed by atoms with E-state index >= 15 is 0 Å². The van der Waals surface area contributed by atoms with Crippen LogP contribution in [-0.2, 0) is 6.54 Å². The van der Waals surface area contributed by atoms with Crippen LogP contribution in [0.5, 0.6) is 11.5 Å². The summed E-state index contributed by atoms with van der Waals surface area (Å²) in [5.41, 5.74) is 2.04. The predicted molar refractivity (Wildman–Crippen MR) is 82.7 cm³/mol. The number of nitrogens with one attached hydrogen (secondary N) is 1. The largest absolute Gasteiger partial charge is 0.493 e. The first-order chi connectivity index (χ1) is 9.80. The van der Waals surface area contributed by atoms with Crippen molar-refractivity contribution in [2.24, 2.45) is 0 Å². The number of thiazole rings is 1. The van der Waals surface area contributed by atoms with Crippen LogP contribution in [-0.4, -0.2) is 25.2 Å². The molecular formula is C15H20N2O2S. The molecule has 0 fully saturated rings. The minimum Gasteiger partial charge on any atom is -0.493 e. The highest BCUT2D eigenvalue weighted by atomic mass is 32.1. The molecule has 1 heterocycles. The summed E-state index contributed by atoms with van der Waals surface area (Å²) in [6, 6.07) is 5.88. The molecular weight excluding hydrogens is 272 g/mol. The SMILES string of the molecule is CCNCc1csc(-c2cccc(OC)c2OCC)n1. The lowest BCUT2D eigenvalue weighted by molar-refractivity contribution is 0.312. The van der Waals surface area contributed by atoms with Crippen LogP contribution >= 0.6 is 11.3 Å². The lowest BCUT2D eigenvalue weighted by Crippen LogP contribution is -2.11. The van der Waals surface area contributed by atoms with Crippen molar-refractivity contribution in [2.75, 3.05) is 20.3 Å². The molecule has 0 saturated heterocycles. The highest BCUT2D eigenvalue weighted by Gasteiger charge is 2.14. The molecule has 0 saturated carbocycles. The van der Waals surface area contributed by atoms with E-state index in [0.29, 0.717) is 6.61 Å². The summed E-state index contributed by atoms with van der Waals surface area (Å²) in [5.74, 6) is 1.51. The molecule has 4 nitrogen and oxygen atoms in total. The fourth-order valence-corrected chi connectivity index (χ4v) is 2.74. The fourth-order valence-electron chi connectivity index (χ4n) is 1.90. The Labute approximate surface area is 123 Å². The molecule has 0 aliphatic carbocycles. The summed E-state index contributed by atoms with van der Waals surface area (Å²) in [6.07, 6.45) is 0. The number of benzene rings is 1. The number of rotatable bonds is 7. The molecule has 1 aromatic carbocycles. The lowest BCUT2D eigenvalue weighted by atomic mass is 10.2. The molecule has 0 radical (unpaired) electrons. The monoisotopic (exact) mass is 292 g/mol. The normalized spacial score (nSPS) is 10.6. The van der Waals surface area contributed by atoms with Gasteiger partial charge in [0.1, 0.15) is 5.01 Å². The van der Waals surface area contributed by atoms with E-state index in [0.717, 1.165) is 40.9 Å². The van der Waals surface area contributed by atoms with Gasteiger partial charge >= 0.3 is 0 Å². The van der Waals surface area contributed by atoms with Crippen LogP contribution in [0.25, 0.3) is 10.6 Å². The van der Waals surface area contributed by atoms with Gasteiger partial charge in [-0.05, 0) is 25.6 Å². The summed E-state index contributed by atoms with van der Waals surface area (Å²) < 4.78 is 11.1. The molecule has 0 unspecified atom stereocenters. The number of hydrogen-bond donors (Lipinski definition) is 1. The molecule has 5 heteroatoms.